The van der Waals surface area contributed by atoms with Crippen LogP contribution >= 0.6 is 11.3 Å². The van der Waals surface area contributed by atoms with Crippen molar-refractivity contribution in [2.24, 2.45) is 0 Å². The summed E-state index contributed by atoms with van der Waals surface area (Å²) >= 11 is 1.59. The molecule has 1 saturated heterocycles. The quantitative estimate of drug-likeness (QED) is 0.856. The lowest BCUT2D eigenvalue weighted by atomic mass is 10.0. The fourth-order valence-electron chi connectivity index (χ4n) is 3.31. The molecule has 1 N–H and O–H groups in total. The lowest BCUT2D eigenvalue weighted by Crippen LogP contribution is -2.52. The Morgan fingerprint density at radius 2 is 2.16 bits per heavy atom. The standard InChI is InChI=1S/C18H17N3O3S/c1-2-12-9-25-17(19-12)10-3-4-13-11(7-10)8-21(18(13)24)14-5-6-15(22)20-16(14)23/h3-4,7,9,14H,2,5-6,8H2,1H3,(H,20,22,23). The lowest BCUT2D eigenvalue weighted by molar-refractivity contribution is -0.136. The molecule has 4 rings (SSSR count). The minimum atomic E-state index is -0.576. The molecule has 6 nitrogen and oxygen atoms in total. The SMILES string of the molecule is CCc1csc(-c2ccc3c(c2)CN(C2CCC(=O)NC2=O)C3=O)n1. The predicted molar refractivity (Wildman–Crippen MR) is 93.0 cm³/mol. The zero-order chi connectivity index (χ0) is 17.6. The van der Waals surface area contributed by atoms with E-state index >= 15 is 0 Å². The molecule has 0 spiro atoms. The molecule has 1 atom stereocenters. The van der Waals surface area contributed by atoms with E-state index in [9.17, 15) is 14.4 Å². The molecule has 1 fully saturated rings. The van der Waals surface area contributed by atoms with E-state index in [4.69, 9.17) is 0 Å². The number of hydrogen-bond donors (Lipinski definition) is 1. The summed E-state index contributed by atoms with van der Waals surface area (Å²) < 4.78 is 0. The maximum atomic E-state index is 12.7. The monoisotopic (exact) mass is 355 g/mol. The highest BCUT2D eigenvalue weighted by Gasteiger charge is 2.39. The van der Waals surface area contributed by atoms with Crippen molar-refractivity contribution >= 4 is 29.1 Å². The summed E-state index contributed by atoms with van der Waals surface area (Å²) in [6, 6.07) is 5.12. The number of rotatable bonds is 3. The summed E-state index contributed by atoms with van der Waals surface area (Å²) in [7, 11) is 0. The molecule has 2 aromatic rings. The molecule has 0 bridgehead atoms. The smallest absolute Gasteiger partial charge is 0.255 e. The average molecular weight is 355 g/mol. The van der Waals surface area contributed by atoms with Gasteiger partial charge in [-0.25, -0.2) is 4.98 Å². The van der Waals surface area contributed by atoms with Crippen LogP contribution in [0.4, 0.5) is 0 Å². The first-order chi connectivity index (χ1) is 12.1. The van der Waals surface area contributed by atoms with Crippen LogP contribution in [0.1, 0.15) is 41.4 Å². The van der Waals surface area contributed by atoms with Crippen LogP contribution in [0.15, 0.2) is 23.6 Å². The van der Waals surface area contributed by atoms with E-state index in [-0.39, 0.29) is 24.1 Å². The fourth-order valence-corrected chi connectivity index (χ4v) is 4.21. The van der Waals surface area contributed by atoms with Gasteiger partial charge in [-0.2, -0.15) is 0 Å². The first-order valence-corrected chi connectivity index (χ1v) is 9.17. The summed E-state index contributed by atoms with van der Waals surface area (Å²) in [5, 5.41) is 5.30. The van der Waals surface area contributed by atoms with Crippen LogP contribution < -0.4 is 5.32 Å². The highest BCUT2D eigenvalue weighted by molar-refractivity contribution is 7.13. The summed E-state index contributed by atoms with van der Waals surface area (Å²) in [6.07, 6.45) is 1.54. The van der Waals surface area contributed by atoms with E-state index < -0.39 is 6.04 Å². The highest BCUT2D eigenvalue weighted by Crippen LogP contribution is 2.32. The highest BCUT2D eigenvalue weighted by atomic mass is 32.1. The predicted octanol–water partition coefficient (Wildman–Crippen LogP) is 2.13. The summed E-state index contributed by atoms with van der Waals surface area (Å²) in [6.45, 7) is 2.46. The zero-order valence-corrected chi connectivity index (χ0v) is 14.6. The topological polar surface area (TPSA) is 79.4 Å². The van der Waals surface area contributed by atoms with E-state index in [2.05, 4.69) is 17.2 Å². The number of carbonyl (C=O) groups excluding carboxylic acids is 3. The number of amides is 3. The summed E-state index contributed by atoms with van der Waals surface area (Å²) in [4.78, 5) is 42.2. The van der Waals surface area contributed by atoms with Crippen LogP contribution in [0.25, 0.3) is 10.6 Å². The molecule has 0 aliphatic carbocycles. The normalized spacial score (nSPS) is 20.0. The lowest BCUT2D eigenvalue weighted by Gasteiger charge is -2.29. The third kappa shape index (κ3) is 2.74. The maximum absolute atomic E-state index is 12.7. The number of nitrogens with zero attached hydrogens (tertiary/aromatic N) is 2. The van der Waals surface area contributed by atoms with Crippen molar-refractivity contribution in [3.05, 3.63) is 40.4 Å². The second-order valence-corrected chi connectivity index (χ2v) is 7.13. The molecule has 2 aliphatic rings. The zero-order valence-electron chi connectivity index (χ0n) is 13.7. The third-order valence-electron chi connectivity index (χ3n) is 4.68. The van der Waals surface area contributed by atoms with Crippen LogP contribution in [-0.2, 0) is 22.6 Å². The van der Waals surface area contributed by atoms with Crippen LogP contribution in [0.5, 0.6) is 0 Å². The van der Waals surface area contributed by atoms with Crippen LogP contribution in [0, 0.1) is 0 Å². The van der Waals surface area contributed by atoms with Gasteiger partial charge in [-0.15, -0.1) is 11.3 Å². The van der Waals surface area contributed by atoms with E-state index in [1.54, 1.807) is 16.2 Å². The number of thiazole rings is 1. The van der Waals surface area contributed by atoms with Gasteiger partial charge in [0.1, 0.15) is 11.0 Å². The molecule has 128 valence electrons. The molecule has 0 saturated carbocycles. The molecule has 1 unspecified atom stereocenters. The van der Waals surface area contributed by atoms with Crippen molar-refractivity contribution in [3.63, 3.8) is 0 Å². The van der Waals surface area contributed by atoms with Crippen molar-refractivity contribution in [2.75, 3.05) is 0 Å². The van der Waals surface area contributed by atoms with Gasteiger partial charge in [0.15, 0.2) is 0 Å². The number of fused-ring (bicyclic) bond motifs is 1. The van der Waals surface area contributed by atoms with E-state index in [1.165, 1.54) is 0 Å². The minimum absolute atomic E-state index is 0.149. The Bertz CT molecular complexity index is 889. The molecule has 3 amide bonds. The molecule has 25 heavy (non-hydrogen) atoms. The number of aryl methyl sites for hydroxylation is 1. The minimum Gasteiger partial charge on any atom is -0.322 e. The fraction of sp³-hybridized carbons (Fsp3) is 0.333. The van der Waals surface area contributed by atoms with Gasteiger partial charge in [0.05, 0.1) is 5.69 Å². The van der Waals surface area contributed by atoms with E-state index in [1.807, 2.05) is 23.6 Å². The van der Waals surface area contributed by atoms with Crippen LogP contribution in [0.3, 0.4) is 0 Å². The second kappa shape index (κ2) is 6.07. The maximum Gasteiger partial charge on any atom is 0.255 e. The van der Waals surface area contributed by atoms with Gasteiger partial charge < -0.3 is 4.90 Å². The summed E-state index contributed by atoms with van der Waals surface area (Å²) in [5.74, 6) is -0.808. The third-order valence-corrected chi connectivity index (χ3v) is 5.62. The summed E-state index contributed by atoms with van der Waals surface area (Å²) in [5.41, 5.74) is 3.57. The number of imide groups is 1. The first-order valence-electron chi connectivity index (χ1n) is 8.29. The number of nitrogens with one attached hydrogen (secondary N) is 1. The van der Waals surface area contributed by atoms with Crippen LogP contribution in [-0.4, -0.2) is 33.6 Å². The molecule has 3 heterocycles. The number of benzene rings is 1. The Morgan fingerprint density at radius 1 is 1.32 bits per heavy atom. The van der Waals surface area contributed by atoms with Crippen molar-refractivity contribution in [3.8, 4) is 10.6 Å². The molecule has 0 radical (unpaired) electrons. The Labute approximate surface area is 148 Å². The molecule has 7 heteroatoms. The molecule has 1 aromatic heterocycles. The Hall–Kier alpha value is -2.54. The Morgan fingerprint density at radius 3 is 2.88 bits per heavy atom. The number of piperidine rings is 1. The second-order valence-electron chi connectivity index (χ2n) is 6.27. The number of carbonyl (C=O) groups is 3. The molecular weight excluding hydrogens is 338 g/mol. The largest absolute Gasteiger partial charge is 0.322 e. The van der Waals surface area contributed by atoms with Gasteiger partial charge in [0, 0.05) is 29.5 Å². The van der Waals surface area contributed by atoms with Gasteiger partial charge in [-0.1, -0.05) is 13.0 Å². The van der Waals surface area contributed by atoms with Gasteiger partial charge in [-0.05, 0) is 30.5 Å². The van der Waals surface area contributed by atoms with E-state index in [0.717, 1.165) is 28.2 Å². The van der Waals surface area contributed by atoms with E-state index in [0.29, 0.717) is 18.5 Å². The van der Waals surface area contributed by atoms with Gasteiger partial charge in [0.25, 0.3) is 5.91 Å². The number of aromatic nitrogens is 1. The number of hydrogen-bond acceptors (Lipinski definition) is 5. The first kappa shape index (κ1) is 16.0. The Balaban J connectivity index is 1.61. The van der Waals surface area contributed by atoms with Gasteiger partial charge in [-0.3, -0.25) is 19.7 Å². The van der Waals surface area contributed by atoms with Crippen LogP contribution in [0.2, 0.25) is 0 Å². The van der Waals surface area contributed by atoms with Crippen molar-refractivity contribution < 1.29 is 14.4 Å². The molecule has 1 aromatic carbocycles. The Kier molecular flexibility index (Phi) is 3.88. The molecule has 2 aliphatic heterocycles. The van der Waals surface area contributed by atoms with Crippen molar-refractivity contribution in [1.29, 1.82) is 0 Å². The molecular formula is C18H17N3O3S. The van der Waals surface area contributed by atoms with Gasteiger partial charge >= 0.3 is 0 Å². The average Bonchev–Trinajstić information content (AvgIpc) is 3.20. The van der Waals surface area contributed by atoms with Crippen molar-refractivity contribution in [2.45, 2.75) is 38.8 Å². The van der Waals surface area contributed by atoms with Crippen molar-refractivity contribution in [1.82, 2.24) is 15.2 Å². The van der Waals surface area contributed by atoms with Gasteiger partial charge in [0.2, 0.25) is 11.8 Å².